The molecule has 66 heavy (non-hydrogen) atoms. The van der Waals surface area contributed by atoms with Gasteiger partial charge in [0.1, 0.15) is 56.0 Å². The van der Waals surface area contributed by atoms with E-state index in [1.807, 2.05) is 0 Å². The number of ether oxygens (including phenoxy) is 4. The van der Waals surface area contributed by atoms with Crippen LogP contribution in [-0.4, -0.2) is 60.9 Å². The molecule has 2 atom stereocenters. The summed E-state index contributed by atoms with van der Waals surface area (Å²) in [6, 6.07) is 27.1. The highest BCUT2D eigenvalue weighted by molar-refractivity contribution is 7.86. The van der Waals surface area contributed by atoms with Crippen LogP contribution < -0.4 is 18.9 Å². The molecule has 0 saturated carbocycles. The molecule has 0 aromatic heterocycles. The van der Waals surface area contributed by atoms with Crippen LogP contribution in [0.15, 0.2) is 138 Å². The Labute approximate surface area is 376 Å². The van der Waals surface area contributed by atoms with Crippen molar-refractivity contribution in [2.24, 2.45) is 0 Å². The zero-order chi connectivity index (χ0) is 48.5. The highest BCUT2D eigenvalue weighted by Crippen LogP contribution is 2.48. The van der Waals surface area contributed by atoms with Crippen molar-refractivity contribution in [3.8, 4) is 34.5 Å². The Hall–Kier alpha value is -6.41. The third kappa shape index (κ3) is 10.0. The van der Waals surface area contributed by atoms with Gasteiger partial charge in [-0.05, 0) is 121 Å². The number of carbonyl (C=O) groups is 1. The van der Waals surface area contributed by atoms with Gasteiger partial charge in [-0.25, -0.2) is 0 Å². The van der Waals surface area contributed by atoms with E-state index in [0.29, 0.717) is 11.5 Å². The summed E-state index contributed by atoms with van der Waals surface area (Å²) in [5.41, 5.74) is -6.09. The van der Waals surface area contributed by atoms with Gasteiger partial charge in [0.2, 0.25) is 0 Å². The minimum Gasteiger partial charge on any atom is -0.497 e. The minimum absolute atomic E-state index is 0.0279. The molecule has 6 aromatic rings. The Morgan fingerprint density at radius 1 is 0.515 bits per heavy atom. The van der Waals surface area contributed by atoms with E-state index in [1.165, 1.54) is 129 Å². The summed E-state index contributed by atoms with van der Waals surface area (Å²) in [6.07, 6.45) is -9.49. The van der Waals surface area contributed by atoms with Gasteiger partial charge < -0.3 is 18.9 Å². The molecule has 0 fully saturated rings. The molecule has 6 rings (SSSR count). The van der Waals surface area contributed by atoms with Crippen molar-refractivity contribution in [2.75, 3.05) is 21.3 Å². The fourth-order valence-electron chi connectivity index (χ4n) is 7.12. The lowest BCUT2D eigenvalue weighted by atomic mass is 9.75. The van der Waals surface area contributed by atoms with Crippen LogP contribution in [0.4, 0.5) is 26.3 Å². The molecule has 0 saturated heterocycles. The SMILES string of the molecule is COc1ccc(C(C)(c2ccc(Oc3ccc(C(=O)c4ccc(Oc5ccc(C(C)(c6ccc(OC)cc6)C(F)(F)F)cc5)c(S(=O)(=O)OC)c4)cc3CS(=O)(=O)O)cc2)C(F)(F)F)cc1. The first-order valence-electron chi connectivity index (χ1n) is 19.4. The Balaban J connectivity index is 1.29. The summed E-state index contributed by atoms with van der Waals surface area (Å²) < 4.78 is 175. The van der Waals surface area contributed by atoms with Gasteiger partial charge >= 0.3 is 12.4 Å². The highest BCUT2D eigenvalue weighted by atomic mass is 32.2. The van der Waals surface area contributed by atoms with E-state index < -0.39 is 59.9 Å². The van der Waals surface area contributed by atoms with E-state index in [9.17, 15) is 52.5 Å². The summed E-state index contributed by atoms with van der Waals surface area (Å²) in [6.45, 7) is 2.03. The standard InChI is InChI=1S/C47H40F6O11S2/c1-44(46(48,49)50,32-8-16-36(60-3)17-9-32)34-12-20-38(21-13-34)63-40-24-6-29(26-31(40)28-65(55,56)57)43(54)30-7-25-41(42(27-30)66(58,59)62-5)64-39-22-14-35(15-23-39)45(2,47(51,52)53)33-10-18-37(61-4)19-11-33/h6-27H,28H2,1-5H3,(H,55,56,57). The first kappa shape index (κ1) is 49.0. The molecule has 0 spiro atoms. The fourth-order valence-corrected chi connectivity index (χ4v) is 8.54. The van der Waals surface area contributed by atoms with Crippen LogP contribution >= 0.6 is 0 Å². The van der Waals surface area contributed by atoms with E-state index in [1.54, 1.807) is 0 Å². The first-order chi connectivity index (χ1) is 30.8. The Kier molecular flexibility index (Phi) is 13.7. The molecule has 0 aliphatic rings. The zero-order valence-corrected chi connectivity index (χ0v) is 37.2. The number of hydrogen-bond acceptors (Lipinski definition) is 10. The average Bonchev–Trinajstić information content (AvgIpc) is 3.28. The molecule has 0 radical (unpaired) electrons. The molecule has 11 nitrogen and oxygen atoms in total. The lowest BCUT2D eigenvalue weighted by Gasteiger charge is -2.33. The van der Waals surface area contributed by atoms with Crippen LogP contribution in [0, 0.1) is 0 Å². The van der Waals surface area contributed by atoms with Crippen LogP contribution in [0.1, 0.15) is 57.6 Å². The molecular formula is C47H40F6O11S2. The maximum absolute atomic E-state index is 14.6. The van der Waals surface area contributed by atoms with Crippen molar-refractivity contribution < 1.29 is 75.7 Å². The van der Waals surface area contributed by atoms with E-state index in [4.69, 9.17) is 23.1 Å². The molecule has 0 aliphatic heterocycles. The first-order valence-corrected chi connectivity index (χ1v) is 22.4. The van der Waals surface area contributed by atoms with Crippen molar-refractivity contribution in [3.05, 3.63) is 172 Å². The van der Waals surface area contributed by atoms with Crippen molar-refractivity contribution in [1.82, 2.24) is 0 Å². The lowest BCUT2D eigenvalue weighted by Crippen LogP contribution is -2.40. The molecule has 1 N–H and O–H groups in total. The van der Waals surface area contributed by atoms with Crippen LogP contribution in [0.2, 0.25) is 0 Å². The summed E-state index contributed by atoms with van der Waals surface area (Å²) in [7, 11) is -5.79. The lowest BCUT2D eigenvalue weighted by molar-refractivity contribution is -0.173. The predicted molar refractivity (Wildman–Crippen MR) is 230 cm³/mol. The number of hydrogen-bond donors (Lipinski definition) is 1. The summed E-state index contributed by atoms with van der Waals surface area (Å²) in [4.78, 5) is 13.2. The summed E-state index contributed by atoms with van der Waals surface area (Å²) >= 11 is 0. The van der Waals surface area contributed by atoms with Crippen molar-refractivity contribution in [1.29, 1.82) is 0 Å². The normalized spacial score (nSPS) is 14.1. The fraction of sp³-hybridized carbons (Fsp3) is 0.213. The van der Waals surface area contributed by atoms with Crippen LogP contribution in [0.3, 0.4) is 0 Å². The number of halogens is 6. The van der Waals surface area contributed by atoms with Crippen molar-refractivity contribution in [3.63, 3.8) is 0 Å². The number of ketones is 1. The topological polar surface area (TPSA) is 152 Å². The molecule has 6 aromatic carbocycles. The zero-order valence-electron chi connectivity index (χ0n) is 35.5. The number of alkyl halides is 6. The maximum Gasteiger partial charge on any atom is 0.402 e. The van der Waals surface area contributed by atoms with Gasteiger partial charge in [0.25, 0.3) is 20.2 Å². The second kappa shape index (κ2) is 18.5. The summed E-state index contributed by atoms with van der Waals surface area (Å²) in [5, 5.41) is 0. The maximum atomic E-state index is 14.6. The second-order valence-electron chi connectivity index (χ2n) is 15.1. The van der Waals surface area contributed by atoms with Gasteiger partial charge in [0.05, 0.1) is 21.3 Å². The second-order valence-corrected chi connectivity index (χ2v) is 18.2. The van der Waals surface area contributed by atoms with Crippen LogP contribution in [-0.2, 0) is 41.0 Å². The summed E-state index contributed by atoms with van der Waals surface area (Å²) in [5.74, 6) is -1.85. The predicted octanol–water partition coefficient (Wildman–Crippen LogP) is 11.0. The van der Waals surface area contributed by atoms with Crippen LogP contribution in [0.5, 0.6) is 34.5 Å². The Bertz CT molecular complexity index is 2940. The number of rotatable bonds is 16. The van der Waals surface area contributed by atoms with Gasteiger partial charge in [-0.3, -0.25) is 13.5 Å². The Morgan fingerprint density at radius 2 is 0.864 bits per heavy atom. The minimum atomic E-state index is -4.78. The Morgan fingerprint density at radius 3 is 1.21 bits per heavy atom. The number of methoxy groups -OCH3 is 2. The van der Waals surface area contributed by atoms with Gasteiger partial charge in [-0.1, -0.05) is 48.5 Å². The molecule has 0 aliphatic carbocycles. The third-order valence-corrected chi connectivity index (χ3v) is 13.1. The number of carbonyl (C=O) groups excluding carboxylic acids is 1. The molecule has 0 bridgehead atoms. The highest BCUT2D eigenvalue weighted by Gasteiger charge is 2.54. The van der Waals surface area contributed by atoms with E-state index in [0.717, 1.165) is 39.2 Å². The molecule has 0 heterocycles. The molecule has 0 amide bonds. The van der Waals surface area contributed by atoms with Gasteiger partial charge in [0, 0.05) is 16.7 Å². The molecular weight excluding hydrogens is 919 g/mol. The monoisotopic (exact) mass is 958 g/mol. The van der Waals surface area contributed by atoms with E-state index in [-0.39, 0.29) is 61.9 Å². The third-order valence-electron chi connectivity index (χ3n) is 11.1. The van der Waals surface area contributed by atoms with Gasteiger partial charge in [-0.15, -0.1) is 0 Å². The average molecular weight is 959 g/mol. The van der Waals surface area contributed by atoms with E-state index >= 15 is 0 Å². The van der Waals surface area contributed by atoms with Crippen molar-refractivity contribution >= 4 is 26.0 Å². The molecule has 348 valence electrons. The number of benzene rings is 6. The van der Waals surface area contributed by atoms with Crippen LogP contribution in [0.25, 0.3) is 0 Å². The largest absolute Gasteiger partial charge is 0.497 e. The quantitative estimate of drug-likeness (QED) is 0.0427. The molecule has 2 unspecified atom stereocenters. The smallest absolute Gasteiger partial charge is 0.402 e. The van der Waals surface area contributed by atoms with E-state index in [2.05, 4.69) is 0 Å². The van der Waals surface area contributed by atoms with Gasteiger partial charge in [-0.2, -0.15) is 43.2 Å². The van der Waals surface area contributed by atoms with Gasteiger partial charge in [0.15, 0.2) is 5.78 Å². The molecule has 19 heteroatoms. The van der Waals surface area contributed by atoms with Crippen molar-refractivity contribution in [2.45, 2.75) is 47.7 Å².